The van der Waals surface area contributed by atoms with E-state index in [9.17, 15) is 0 Å². The van der Waals surface area contributed by atoms with Crippen LogP contribution in [0.1, 0.15) is 30.9 Å². The van der Waals surface area contributed by atoms with Crippen molar-refractivity contribution in [2.45, 2.75) is 26.7 Å². The zero-order valence-electron chi connectivity index (χ0n) is 8.42. The second kappa shape index (κ2) is 4.23. The van der Waals surface area contributed by atoms with E-state index in [-0.39, 0.29) is 19.5 Å². The number of rotatable bonds is 1. The first-order valence-electron chi connectivity index (χ1n) is 4.45. The third-order valence-electron chi connectivity index (χ3n) is 2.26. The summed E-state index contributed by atoms with van der Waals surface area (Å²) in [5.74, 6) is 0.528. The predicted molar refractivity (Wildman–Crippen MR) is 51.7 cm³/mol. The Labute approximate surface area is 96.5 Å². The molecule has 0 unspecified atom stereocenters. The van der Waals surface area contributed by atoms with E-state index in [0.29, 0.717) is 5.92 Å². The number of aromatic nitrogens is 1. The van der Waals surface area contributed by atoms with Crippen molar-refractivity contribution in [2.75, 3.05) is 0 Å². The van der Waals surface area contributed by atoms with Crippen LogP contribution in [0.2, 0.25) is 0 Å². The van der Waals surface area contributed by atoms with Gasteiger partial charge in [0.1, 0.15) is 6.39 Å². The van der Waals surface area contributed by atoms with E-state index >= 15 is 0 Å². The molecule has 14 heavy (non-hydrogen) atoms. The quantitative estimate of drug-likeness (QED) is 0.591. The van der Waals surface area contributed by atoms with Gasteiger partial charge in [0, 0.05) is 19.5 Å². The number of aryl methyl sites for hydroxylation is 1. The Morgan fingerprint density at radius 1 is 1.36 bits per heavy atom. The largest absolute Gasteiger partial charge is 0.573 e. The van der Waals surface area contributed by atoms with Crippen molar-refractivity contribution in [3.63, 3.8) is 0 Å². The van der Waals surface area contributed by atoms with E-state index < -0.39 is 0 Å². The summed E-state index contributed by atoms with van der Waals surface area (Å²) in [7, 11) is 0. The first-order chi connectivity index (χ1) is 6.18. The number of fused-ring (bicyclic) bond motifs is 1. The van der Waals surface area contributed by atoms with Crippen LogP contribution in [0, 0.1) is 13.3 Å². The van der Waals surface area contributed by atoms with Gasteiger partial charge in [-0.05, 0) is 23.9 Å². The van der Waals surface area contributed by atoms with E-state index in [1.807, 2.05) is 6.92 Å². The second-order valence-corrected chi connectivity index (χ2v) is 3.65. The van der Waals surface area contributed by atoms with Gasteiger partial charge >= 0.3 is 0 Å². The molecule has 0 aliphatic rings. The molecule has 2 nitrogen and oxygen atoms in total. The molecule has 0 N–H and O–H groups in total. The fraction of sp³-hybridized carbons (Fsp3) is 0.364. The Hall–Kier alpha value is -0.687. The summed E-state index contributed by atoms with van der Waals surface area (Å²) in [6.07, 6.45) is 2.52. The minimum atomic E-state index is 0. The summed E-state index contributed by atoms with van der Waals surface area (Å²) in [6, 6.07) is 4.21. The number of benzene rings is 1. The number of oxazole rings is 1. The van der Waals surface area contributed by atoms with Gasteiger partial charge in [-0.1, -0.05) is 37.1 Å². The Kier molecular flexibility index (Phi) is 3.44. The molecule has 1 aromatic heterocycles. The fourth-order valence-corrected chi connectivity index (χ4v) is 1.45. The molecule has 3 heteroatoms. The Morgan fingerprint density at radius 2 is 2.07 bits per heavy atom. The Balaban J connectivity index is 0.000000980. The number of hydrogen-bond donors (Lipinski definition) is 0. The van der Waals surface area contributed by atoms with Crippen LogP contribution in [0.5, 0.6) is 0 Å². The normalized spacial score (nSPS) is 10.6. The molecule has 1 aromatic carbocycles. The van der Waals surface area contributed by atoms with Crippen LogP contribution in [0.15, 0.2) is 16.5 Å². The maximum absolute atomic E-state index is 5.15. The molecule has 77 valence electrons. The molecule has 2 rings (SSSR count). The predicted octanol–water partition coefficient (Wildman–Crippen LogP) is 3.06. The molecule has 1 radical (unpaired) electrons. The molecule has 0 saturated carbocycles. The SMILES string of the molecule is Cc1cc(C(C)C)cc2n[c-]oc12.[Rh]. The van der Waals surface area contributed by atoms with Gasteiger partial charge < -0.3 is 9.40 Å². The van der Waals surface area contributed by atoms with Gasteiger partial charge in [-0.2, -0.15) is 0 Å². The summed E-state index contributed by atoms with van der Waals surface area (Å²) in [5.41, 5.74) is 4.19. The minimum Gasteiger partial charge on any atom is -0.573 e. The molecule has 0 atom stereocenters. The number of hydrogen-bond acceptors (Lipinski definition) is 2. The average molecular weight is 277 g/mol. The molecule has 0 fully saturated rings. The average Bonchev–Trinajstić information content (AvgIpc) is 2.51. The smallest absolute Gasteiger partial charge is 0.103 e. The van der Waals surface area contributed by atoms with E-state index in [4.69, 9.17) is 4.42 Å². The summed E-state index contributed by atoms with van der Waals surface area (Å²) in [4.78, 5) is 4.03. The molecule has 1 heterocycles. The maximum Gasteiger partial charge on any atom is 0.103 e. The molecule has 0 spiro atoms. The topological polar surface area (TPSA) is 26.0 Å². The molecule has 0 saturated heterocycles. The van der Waals surface area contributed by atoms with Gasteiger partial charge in [0.15, 0.2) is 0 Å². The zero-order chi connectivity index (χ0) is 9.42. The van der Waals surface area contributed by atoms with E-state index in [1.165, 1.54) is 5.56 Å². The Bertz CT molecular complexity index is 434. The van der Waals surface area contributed by atoms with Crippen molar-refractivity contribution in [2.24, 2.45) is 0 Å². The third-order valence-corrected chi connectivity index (χ3v) is 2.26. The molecule has 0 aliphatic carbocycles. The summed E-state index contributed by atoms with van der Waals surface area (Å²) < 4.78 is 5.15. The first kappa shape index (κ1) is 11.4. The van der Waals surface area contributed by atoms with Crippen LogP contribution < -0.4 is 0 Å². The first-order valence-corrected chi connectivity index (χ1v) is 4.45. The zero-order valence-corrected chi connectivity index (χ0v) is 10.1. The molecule has 0 amide bonds. The van der Waals surface area contributed by atoms with Crippen LogP contribution in [0.25, 0.3) is 11.1 Å². The van der Waals surface area contributed by atoms with Gasteiger partial charge in [0.2, 0.25) is 0 Å². The van der Waals surface area contributed by atoms with Crippen LogP contribution in [0.3, 0.4) is 0 Å². The van der Waals surface area contributed by atoms with Crippen molar-refractivity contribution < 1.29 is 23.9 Å². The molecule has 0 bridgehead atoms. The van der Waals surface area contributed by atoms with Crippen molar-refractivity contribution in [3.8, 4) is 0 Å². The van der Waals surface area contributed by atoms with E-state index in [2.05, 4.69) is 37.4 Å². The number of nitrogens with zero attached hydrogens (tertiary/aromatic N) is 1. The van der Waals surface area contributed by atoms with Gasteiger partial charge in [0.05, 0.1) is 0 Å². The van der Waals surface area contributed by atoms with Gasteiger partial charge in [0.25, 0.3) is 0 Å². The molecule has 2 aromatic rings. The molecular formula is C11H12NORh-. The van der Waals surface area contributed by atoms with Crippen LogP contribution in [-0.4, -0.2) is 4.98 Å². The van der Waals surface area contributed by atoms with Gasteiger partial charge in [-0.15, -0.1) is 0 Å². The van der Waals surface area contributed by atoms with E-state index in [1.54, 1.807) is 0 Å². The summed E-state index contributed by atoms with van der Waals surface area (Å²) in [6.45, 7) is 6.38. The summed E-state index contributed by atoms with van der Waals surface area (Å²) >= 11 is 0. The fourth-order valence-electron chi connectivity index (χ4n) is 1.45. The standard InChI is InChI=1S/C11H12NO.Rh/c1-7(2)9-4-8(3)11-10(5-9)12-6-13-11;/h4-5,7H,1-3H3;/q-1;. The Morgan fingerprint density at radius 3 is 2.71 bits per heavy atom. The van der Waals surface area contributed by atoms with Crippen LogP contribution >= 0.6 is 0 Å². The molecular weight excluding hydrogens is 265 g/mol. The van der Waals surface area contributed by atoms with Crippen LogP contribution in [-0.2, 0) is 19.5 Å². The summed E-state index contributed by atoms with van der Waals surface area (Å²) in [5, 5.41) is 0. The minimum absolute atomic E-state index is 0. The molecule has 0 aliphatic heterocycles. The van der Waals surface area contributed by atoms with E-state index in [0.717, 1.165) is 16.7 Å². The second-order valence-electron chi connectivity index (χ2n) is 3.65. The van der Waals surface area contributed by atoms with Crippen molar-refractivity contribution in [1.82, 2.24) is 4.98 Å². The monoisotopic (exact) mass is 277 g/mol. The van der Waals surface area contributed by atoms with Crippen molar-refractivity contribution in [1.29, 1.82) is 0 Å². The van der Waals surface area contributed by atoms with Crippen LogP contribution in [0.4, 0.5) is 0 Å². The van der Waals surface area contributed by atoms with Gasteiger partial charge in [-0.25, -0.2) is 0 Å². The third kappa shape index (κ3) is 1.88. The van der Waals surface area contributed by atoms with Gasteiger partial charge in [-0.3, -0.25) is 0 Å². The maximum atomic E-state index is 5.15. The van der Waals surface area contributed by atoms with Crippen molar-refractivity contribution in [3.05, 3.63) is 29.7 Å². The van der Waals surface area contributed by atoms with Crippen molar-refractivity contribution >= 4 is 11.1 Å².